The molecule has 0 radical (unpaired) electrons. The van der Waals surface area contributed by atoms with Crippen molar-refractivity contribution in [3.63, 3.8) is 0 Å². The van der Waals surface area contributed by atoms with E-state index in [-0.39, 0.29) is 11.9 Å². The van der Waals surface area contributed by atoms with Gasteiger partial charge in [0.25, 0.3) is 0 Å². The maximum atomic E-state index is 12.0. The van der Waals surface area contributed by atoms with E-state index in [0.717, 1.165) is 51.2 Å². The van der Waals surface area contributed by atoms with Crippen molar-refractivity contribution in [2.75, 3.05) is 11.4 Å². The fraction of sp³-hybridized carbons (Fsp3) is 0.350. The van der Waals surface area contributed by atoms with Crippen molar-refractivity contribution in [1.29, 1.82) is 0 Å². The van der Waals surface area contributed by atoms with Gasteiger partial charge in [-0.05, 0) is 56.5 Å². The average molecular weight is 433 g/mol. The van der Waals surface area contributed by atoms with Crippen LogP contribution in [0.2, 0.25) is 5.02 Å². The fourth-order valence-corrected chi connectivity index (χ4v) is 5.46. The van der Waals surface area contributed by atoms with Crippen molar-refractivity contribution in [2.45, 2.75) is 43.4 Å². The van der Waals surface area contributed by atoms with E-state index in [0.29, 0.717) is 5.75 Å². The highest BCUT2D eigenvalue weighted by molar-refractivity contribution is 7.98. The van der Waals surface area contributed by atoms with Crippen LogP contribution in [0.3, 0.4) is 0 Å². The monoisotopic (exact) mass is 432 g/mol. The Morgan fingerprint density at radius 1 is 1.32 bits per heavy atom. The molecule has 0 bridgehead atoms. The number of thioether (sulfide) groups is 1. The molecule has 146 valence electrons. The molecule has 1 fully saturated rings. The molecule has 1 atom stereocenters. The maximum absolute atomic E-state index is 12.0. The van der Waals surface area contributed by atoms with Crippen molar-refractivity contribution in [1.82, 2.24) is 9.97 Å². The second-order valence-corrected chi connectivity index (χ2v) is 9.61. The number of rotatable bonds is 5. The van der Waals surface area contributed by atoms with Crippen LogP contribution in [0, 0.1) is 13.8 Å². The Morgan fingerprint density at radius 2 is 2.07 bits per heavy atom. The molecule has 5 nitrogen and oxygen atoms in total. The summed E-state index contributed by atoms with van der Waals surface area (Å²) in [5, 5.41) is 1.77. The topological polar surface area (TPSA) is 72.1 Å². The molecule has 28 heavy (non-hydrogen) atoms. The summed E-state index contributed by atoms with van der Waals surface area (Å²) in [4.78, 5) is 27.0. The summed E-state index contributed by atoms with van der Waals surface area (Å²) in [7, 11) is 0. The number of primary amides is 1. The molecule has 8 heteroatoms. The van der Waals surface area contributed by atoms with Gasteiger partial charge in [-0.3, -0.25) is 4.79 Å². The minimum atomic E-state index is -0.297. The molecule has 2 N–H and O–H groups in total. The first-order valence-corrected chi connectivity index (χ1v) is 11.3. The van der Waals surface area contributed by atoms with Gasteiger partial charge in [0.1, 0.15) is 22.5 Å². The molecule has 1 amide bonds. The molecule has 0 spiro atoms. The summed E-state index contributed by atoms with van der Waals surface area (Å²) in [6.45, 7) is 4.99. The smallest absolute Gasteiger partial charge is 0.240 e. The quantitative estimate of drug-likeness (QED) is 0.591. The van der Waals surface area contributed by atoms with E-state index >= 15 is 0 Å². The van der Waals surface area contributed by atoms with Gasteiger partial charge in [0.2, 0.25) is 5.91 Å². The Hall–Kier alpha value is -1.83. The number of hydrogen-bond donors (Lipinski definition) is 1. The van der Waals surface area contributed by atoms with Crippen LogP contribution in [0.15, 0.2) is 29.2 Å². The van der Waals surface area contributed by atoms with Gasteiger partial charge >= 0.3 is 0 Å². The van der Waals surface area contributed by atoms with E-state index in [1.165, 1.54) is 10.4 Å². The number of hydrogen-bond acceptors (Lipinski definition) is 6. The summed E-state index contributed by atoms with van der Waals surface area (Å²) < 4.78 is 0. The molecule has 1 aromatic carbocycles. The Balaban J connectivity index is 1.72. The lowest BCUT2D eigenvalue weighted by atomic mass is 10.1. The predicted molar refractivity (Wildman–Crippen MR) is 117 cm³/mol. The lowest BCUT2D eigenvalue weighted by Crippen LogP contribution is -2.41. The van der Waals surface area contributed by atoms with Crippen LogP contribution in [-0.4, -0.2) is 28.5 Å². The third-order valence-electron chi connectivity index (χ3n) is 5.09. The maximum Gasteiger partial charge on any atom is 0.240 e. The second kappa shape index (κ2) is 7.89. The van der Waals surface area contributed by atoms with Crippen molar-refractivity contribution in [3.8, 4) is 0 Å². The number of carbonyl (C=O) groups is 1. The van der Waals surface area contributed by atoms with Crippen LogP contribution in [0.25, 0.3) is 10.2 Å². The normalized spacial score (nSPS) is 16.8. The van der Waals surface area contributed by atoms with Crippen LogP contribution in [0.4, 0.5) is 5.82 Å². The van der Waals surface area contributed by atoms with E-state index in [4.69, 9.17) is 27.3 Å². The number of amides is 1. The third kappa shape index (κ3) is 3.71. The second-order valence-electron chi connectivity index (χ2n) is 6.92. The minimum absolute atomic E-state index is 0.286. The number of thiophene rings is 1. The summed E-state index contributed by atoms with van der Waals surface area (Å²) in [5.74, 6) is 1.97. The Labute approximate surface area is 177 Å². The molecule has 1 aliphatic heterocycles. The zero-order chi connectivity index (χ0) is 19.8. The standard InChI is InChI=1S/C20H21ClN4OS2/c1-11-12(2)28-20-17(11)19(25-9-3-4-15(25)18(22)26)23-16(24-20)10-27-14-7-5-13(21)6-8-14/h5-8,15H,3-4,9-10H2,1-2H3,(H2,22,26). The molecule has 3 aromatic rings. The van der Waals surface area contributed by atoms with Crippen molar-refractivity contribution >= 4 is 56.6 Å². The molecular formula is C20H21ClN4OS2. The van der Waals surface area contributed by atoms with Gasteiger partial charge < -0.3 is 10.6 Å². The highest BCUT2D eigenvalue weighted by Crippen LogP contribution is 2.38. The minimum Gasteiger partial charge on any atom is -0.368 e. The van der Waals surface area contributed by atoms with Gasteiger partial charge in [-0.2, -0.15) is 0 Å². The van der Waals surface area contributed by atoms with E-state index in [9.17, 15) is 4.79 Å². The zero-order valence-electron chi connectivity index (χ0n) is 15.7. The van der Waals surface area contributed by atoms with Gasteiger partial charge in [-0.25, -0.2) is 9.97 Å². The van der Waals surface area contributed by atoms with E-state index in [1.807, 2.05) is 24.3 Å². The average Bonchev–Trinajstić information content (AvgIpc) is 3.26. The van der Waals surface area contributed by atoms with Crippen LogP contribution in [0.1, 0.15) is 29.1 Å². The van der Waals surface area contributed by atoms with Crippen LogP contribution in [-0.2, 0) is 10.5 Å². The summed E-state index contributed by atoms with van der Waals surface area (Å²) in [6.07, 6.45) is 1.72. The highest BCUT2D eigenvalue weighted by atomic mass is 35.5. The lowest BCUT2D eigenvalue weighted by Gasteiger charge is -2.24. The van der Waals surface area contributed by atoms with E-state index in [2.05, 4.69) is 18.7 Å². The number of nitrogens with two attached hydrogens (primary N) is 1. The Bertz CT molecular complexity index is 1030. The molecule has 1 saturated heterocycles. The number of benzene rings is 1. The fourth-order valence-electron chi connectivity index (χ4n) is 3.54. The van der Waals surface area contributed by atoms with Gasteiger partial charge in [0, 0.05) is 21.3 Å². The SMILES string of the molecule is Cc1sc2nc(CSc3ccc(Cl)cc3)nc(N3CCCC3C(N)=O)c2c1C. The van der Waals surface area contributed by atoms with Crippen molar-refractivity contribution in [2.24, 2.45) is 5.73 Å². The molecule has 1 unspecified atom stereocenters. The van der Waals surface area contributed by atoms with Crippen molar-refractivity contribution in [3.05, 3.63) is 45.6 Å². The molecule has 0 aliphatic carbocycles. The van der Waals surface area contributed by atoms with Crippen LogP contribution < -0.4 is 10.6 Å². The first-order chi connectivity index (χ1) is 13.4. The number of halogens is 1. The molecule has 3 heterocycles. The summed E-state index contributed by atoms with van der Waals surface area (Å²) in [6, 6.07) is 7.46. The number of carbonyl (C=O) groups excluding carboxylic acids is 1. The van der Waals surface area contributed by atoms with Gasteiger partial charge in [-0.15, -0.1) is 23.1 Å². The highest BCUT2D eigenvalue weighted by Gasteiger charge is 2.32. The first-order valence-electron chi connectivity index (χ1n) is 9.15. The van der Waals surface area contributed by atoms with E-state index in [1.54, 1.807) is 23.1 Å². The Morgan fingerprint density at radius 3 is 2.79 bits per heavy atom. The summed E-state index contributed by atoms with van der Waals surface area (Å²) in [5.41, 5.74) is 6.84. The zero-order valence-corrected chi connectivity index (χ0v) is 18.1. The van der Waals surface area contributed by atoms with Crippen LogP contribution in [0.5, 0.6) is 0 Å². The molecule has 0 saturated carbocycles. The van der Waals surface area contributed by atoms with E-state index < -0.39 is 0 Å². The number of aryl methyl sites for hydroxylation is 2. The molecule has 1 aliphatic rings. The van der Waals surface area contributed by atoms with Gasteiger partial charge in [0.15, 0.2) is 0 Å². The number of aromatic nitrogens is 2. The predicted octanol–water partition coefficient (Wildman–Crippen LogP) is 4.71. The molecule has 4 rings (SSSR count). The van der Waals surface area contributed by atoms with Crippen molar-refractivity contribution < 1.29 is 4.79 Å². The molecule has 2 aromatic heterocycles. The van der Waals surface area contributed by atoms with Gasteiger partial charge in [-0.1, -0.05) is 11.6 Å². The lowest BCUT2D eigenvalue weighted by molar-refractivity contribution is -0.119. The largest absolute Gasteiger partial charge is 0.368 e. The van der Waals surface area contributed by atoms with Gasteiger partial charge in [0.05, 0.1) is 11.1 Å². The first kappa shape index (κ1) is 19.5. The Kier molecular flexibility index (Phi) is 5.49. The molecular weight excluding hydrogens is 412 g/mol. The third-order valence-corrected chi connectivity index (χ3v) is 7.45. The summed E-state index contributed by atoms with van der Waals surface area (Å²) >= 11 is 9.32. The van der Waals surface area contributed by atoms with Crippen LogP contribution >= 0.6 is 34.7 Å². The number of anilines is 1. The number of fused-ring (bicyclic) bond motifs is 1. The number of nitrogens with zero attached hydrogens (tertiary/aromatic N) is 3.